The van der Waals surface area contributed by atoms with E-state index < -0.39 is 10.0 Å². The largest absolute Gasteiger partial charge is 0.383 e. The van der Waals surface area contributed by atoms with Gasteiger partial charge in [-0.3, -0.25) is 0 Å². The molecule has 0 saturated heterocycles. The molecule has 0 amide bonds. The third-order valence-electron chi connectivity index (χ3n) is 3.38. The van der Waals surface area contributed by atoms with Crippen molar-refractivity contribution in [3.63, 3.8) is 0 Å². The molecule has 1 fully saturated rings. The van der Waals surface area contributed by atoms with Gasteiger partial charge in [0.15, 0.2) is 0 Å². The van der Waals surface area contributed by atoms with Gasteiger partial charge in [-0.2, -0.15) is 0 Å². The van der Waals surface area contributed by atoms with Gasteiger partial charge in [-0.15, -0.1) is 0 Å². The Labute approximate surface area is 115 Å². The maximum absolute atomic E-state index is 12.1. The first kappa shape index (κ1) is 13.8. The van der Waals surface area contributed by atoms with E-state index in [2.05, 4.69) is 39.5 Å². The molecule has 2 rings (SSSR count). The number of sulfonamides is 1. The van der Waals surface area contributed by atoms with Crippen LogP contribution in [-0.2, 0) is 10.0 Å². The monoisotopic (exact) mass is 333 g/mol. The third-order valence-corrected chi connectivity index (χ3v) is 5.26. The zero-order valence-electron chi connectivity index (χ0n) is 10.3. The molecule has 1 saturated carbocycles. The zero-order valence-corrected chi connectivity index (χ0v) is 12.7. The molecule has 7 heteroatoms. The van der Waals surface area contributed by atoms with Gasteiger partial charge in [0, 0.05) is 17.2 Å². The SMILES string of the molecule is CC1(C)CC1CNS(=O)(=O)c1cc(Br)cnc1N. The molecule has 0 aliphatic heterocycles. The molecular weight excluding hydrogens is 318 g/mol. The molecular formula is C11H16BrN3O2S. The molecule has 0 aromatic carbocycles. The van der Waals surface area contributed by atoms with Gasteiger partial charge in [0.1, 0.15) is 10.7 Å². The van der Waals surface area contributed by atoms with Crippen LogP contribution in [0.25, 0.3) is 0 Å². The molecule has 5 nitrogen and oxygen atoms in total. The lowest BCUT2D eigenvalue weighted by Gasteiger charge is -2.09. The van der Waals surface area contributed by atoms with Crippen LogP contribution in [0.3, 0.4) is 0 Å². The average molecular weight is 334 g/mol. The molecule has 1 unspecified atom stereocenters. The second-order valence-electron chi connectivity index (χ2n) is 5.28. The number of rotatable bonds is 4. The second kappa shape index (κ2) is 4.47. The van der Waals surface area contributed by atoms with Gasteiger partial charge in [-0.1, -0.05) is 13.8 Å². The van der Waals surface area contributed by atoms with E-state index in [1.54, 1.807) is 0 Å². The lowest BCUT2D eigenvalue weighted by Crippen LogP contribution is -2.27. The van der Waals surface area contributed by atoms with Crippen LogP contribution in [-0.4, -0.2) is 19.9 Å². The van der Waals surface area contributed by atoms with Gasteiger partial charge in [-0.25, -0.2) is 18.1 Å². The van der Waals surface area contributed by atoms with Gasteiger partial charge in [-0.05, 0) is 39.8 Å². The fourth-order valence-electron chi connectivity index (χ4n) is 1.86. The van der Waals surface area contributed by atoms with Crippen molar-refractivity contribution in [3.05, 3.63) is 16.7 Å². The fraction of sp³-hybridized carbons (Fsp3) is 0.545. The van der Waals surface area contributed by atoms with Crippen molar-refractivity contribution in [2.75, 3.05) is 12.3 Å². The molecule has 1 aromatic heterocycles. The molecule has 1 atom stereocenters. The van der Waals surface area contributed by atoms with Gasteiger partial charge in [0.05, 0.1) is 0 Å². The molecule has 0 spiro atoms. The second-order valence-corrected chi connectivity index (χ2v) is 7.93. The molecule has 0 radical (unpaired) electrons. The van der Waals surface area contributed by atoms with Gasteiger partial charge < -0.3 is 5.73 Å². The van der Waals surface area contributed by atoms with Crippen molar-refractivity contribution in [3.8, 4) is 0 Å². The Morgan fingerprint density at radius 3 is 2.78 bits per heavy atom. The van der Waals surface area contributed by atoms with Gasteiger partial charge in [0.25, 0.3) is 0 Å². The van der Waals surface area contributed by atoms with Crippen LogP contribution in [0.5, 0.6) is 0 Å². The Hall–Kier alpha value is -0.660. The van der Waals surface area contributed by atoms with Crippen LogP contribution in [0.4, 0.5) is 5.82 Å². The summed E-state index contributed by atoms with van der Waals surface area (Å²) in [6.45, 7) is 4.70. The first-order valence-electron chi connectivity index (χ1n) is 5.63. The van der Waals surface area contributed by atoms with E-state index in [0.717, 1.165) is 6.42 Å². The van der Waals surface area contributed by atoms with Crippen molar-refractivity contribution < 1.29 is 8.42 Å². The number of nitrogens with zero attached hydrogens (tertiary/aromatic N) is 1. The summed E-state index contributed by atoms with van der Waals surface area (Å²) in [6, 6.07) is 1.46. The topological polar surface area (TPSA) is 85.1 Å². The Kier molecular flexibility index (Phi) is 3.42. The van der Waals surface area contributed by atoms with Crippen LogP contribution < -0.4 is 10.5 Å². The molecule has 1 aliphatic carbocycles. The van der Waals surface area contributed by atoms with Crippen molar-refractivity contribution >= 4 is 31.8 Å². The zero-order chi connectivity index (χ0) is 13.6. The third kappa shape index (κ3) is 2.84. The molecule has 1 heterocycles. The molecule has 1 aromatic rings. The normalized spacial score (nSPS) is 21.8. The van der Waals surface area contributed by atoms with Gasteiger partial charge >= 0.3 is 0 Å². The summed E-state index contributed by atoms with van der Waals surface area (Å²) in [5.41, 5.74) is 5.84. The van der Waals surface area contributed by atoms with E-state index in [1.165, 1.54) is 12.3 Å². The molecule has 3 N–H and O–H groups in total. The van der Waals surface area contributed by atoms with E-state index in [9.17, 15) is 8.42 Å². The lowest BCUT2D eigenvalue weighted by molar-refractivity contribution is 0.537. The standard InChI is InChI=1S/C11H16BrN3O2S/c1-11(2)4-7(11)5-15-18(16,17)9-3-8(12)6-14-10(9)13/h3,6-7,15H,4-5H2,1-2H3,(H2,13,14). The summed E-state index contributed by atoms with van der Waals surface area (Å²) in [6.07, 6.45) is 2.51. The summed E-state index contributed by atoms with van der Waals surface area (Å²) < 4.78 is 27.4. The highest BCUT2D eigenvalue weighted by Gasteiger charge is 2.45. The van der Waals surface area contributed by atoms with Crippen molar-refractivity contribution in [2.24, 2.45) is 11.3 Å². The first-order valence-corrected chi connectivity index (χ1v) is 7.91. The maximum Gasteiger partial charge on any atom is 0.244 e. The Morgan fingerprint density at radius 2 is 2.22 bits per heavy atom. The minimum absolute atomic E-state index is 0.0146. The minimum atomic E-state index is -3.59. The van der Waals surface area contributed by atoms with Gasteiger partial charge in [0.2, 0.25) is 10.0 Å². The highest BCUT2D eigenvalue weighted by atomic mass is 79.9. The Bertz CT molecular complexity index is 572. The molecule has 1 aliphatic rings. The van der Waals surface area contributed by atoms with Crippen LogP contribution in [0.1, 0.15) is 20.3 Å². The number of pyridine rings is 1. The highest BCUT2D eigenvalue weighted by Crippen LogP contribution is 2.51. The summed E-state index contributed by atoms with van der Waals surface area (Å²) in [5.74, 6) is 0.411. The average Bonchev–Trinajstić information content (AvgIpc) is 2.87. The van der Waals surface area contributed by atoms with E-state index in [-0.39, 0.29) is 16.1 Å². The van der Waals surface area contributed by atoms with Crippen molar-refractivity contribution in [1.82, 2.24) is 9.71 Å². The fourth-order valence-corrected chi connectivity index (χ4v) is 3.53. The Balaban J connectivity index is 2.13. The number of nitrogens with two attached hydrogens (primary N) is 1. The molecule has 18 heavy (non-hydrogen) atoms. The number of hydrogen-bond donors (Lipinski definition) is 2. The number of aromatic nitrogens is 1. The number of nitrogens with one attached hydrogen (secondary N) is 1. The van der Waals surface area contributed by atoms with Crippen LogP contribution in [0, 0.1) is 11.3 Å². The highest BCUT2D eigenvalue weighted by molar-refractivity contribution is 9.10. The van der Waals surface area contributed by atoms with E-state index in [0.29, 0.717) is 16.9 Å². The van der Waals surface area contributed by atoms with Crippen molar-refractivity contribution in [2.45, 2.75) is 25.2 Å². The smallest absolute Gasteiger partial charge is 0.244 e. The van der Waals surface area contributed by atoms with Crippen LogP contribution in [0.2, 0.25) is 0 Å². The Morgan fingerprint density at radius 1 is 1.61 bits per heavy atom. The van der Waals surface area contributed by atoms with E-state index in [1.807, 2.05) is 0 Å². The summed E-state index contributed by atoms with van der Waals surface area (Å²) in [7, 11) is -3.59. The number of hydrogen-bond acceptors (Lipinski definition) is 4. The molecule has 0 bridgehead atoms. The van der Waals surface area contributed by atoms with Crippen molar-refractivity contribution in [1.29, 1.82) is 0 Å². The molecule has 100 valence electrons. The van der Waals surface area contributed by atoms with E-state index >= 15 is 0 Å². The summed E-state index contributed by atoms with van der Waals surface area (Å²) >= 11 is 3.19. The predicted molar refractivity (Wildman–Crippen MR) is 73.4 cm³/mol. The quantitative estimate of drug-likeness (QED) is 0.878. The maximum atomic E-state index is 12.1. The number of nitrogen functional groups attached to an aromatic ring is 1. The predicted octanol–water partition coefficient (Wildman–Crippen LogP) is 1.75. The van der Waals surface area contributed by atoms with Crippen LogP contribution in [0.15, 0.2) is 21.6 Å². The summed E-state index contributed by atoms with van der Waals surface area (Å²) in [4.78, 5) is 3.85. The minimum Gasteiger partial charge on any atom is -0.383 e. The number of halogens is 1. The van der Waals surface area contributed by atoms with E-state index in [4.69, 9.17) is 5.73 Å². The summed E-state index contributed by atoms with van der Waals surface area (Å²) in [5, 5.41) is 0. The first-order chi connectivity index (χ1) is 8.22. The van der Waals surface area contributed by atoms with Crippen LogP contribution >= 0.6 is 15.9 Å². The lowest BCUT2D eigenvalue weighted by atomic mass is 10.1. The number of anilines is 1.